The largest absolute Gasteiger partial charge is 0.378 e. The Balaban J connectivity index is 2.06. The highest BCUT2D eigenvalue weighted by Crippen LogP contribution is 2.39. The summed E-state index contributed by atoms with van der Waals surface area (Å²) in [6.45, 7) is 7.36. The van der Waals surface area contributed by atoms with Crippen molar-refractivity contribution in [2.45, 2.75) is 31.5 Å². The van der Waals surface area contributed by atoms with Crippen LogP contribution < -0.4 is 10.1 Å². The van der Waals surface area contributed by atoms with Gasteiger partial charge in [0.15, 0.2) is 0 Å². The number of rotatable bonds is 6. The van der Waals surface area contributed by atoms with Gasteiger partial charge in [-0.1, -0.05) is 67.7 Å². The molecular weight excluding hydrogens is 344 g/mol. The van der Waals surface area contributed by atoms with Crippen LogP contribution in [0.15, 0.2) is 79.1 Å². The van der Waals surface area contributed by atoms with Crippen molar-refractivity contribution in [3.63, 3.8) is 0 Å². The fraction of sp³-hybridized carbons (Fsp3) is 0.292. The van der Waals surface area contributed by atoms with Crippen molar-refractivity contribution in [2.24, 2.45) is 0 Å². The SMILES string of the molecule is CN(C)c1ccc(C(C)(C[Si](C)(C)c2ccccc2)c2ccncc2)cc1. The molecule has 3 aromatic rings. The van der Waals surface area contributed by atoms with Crippen LogP contribution in [-0.2, 0) is 5.41 Å². The minimum absolute atomic E-state index is 0.0423. The van der Waals surface area contributed by atoms with Crippen LogP contribution in [0.1, 0.15) is 18.1 Å². The van der Waals surface area contributed by atoms with Crippen molar-refractivity contribution in [1.82, 2.24) is 4.98 Å². The lowest BCUT2D eigenvalue weighted by atomic mass is 9.78. The molecule has 140 valence electrons. The van der Waals surface area contributed by atoms with Crippen molar-refractivity contribution in [3.05, 3.63) is 90.3 Å². The van der Waals surface area contributed by atoms with Crippen molar-refractivity contribution in [1.29, 1.82) is 0 Å². The van der Waals surface area contributed by atoms with Crippen molar-refractivity contribution in [3.8, 4) is 0 Å². The predicted molar refractivity (Wildman–Crippen MR) is 120 cm³/mol. The molecule has 0 aliphatic carbocycles. The van der Waals surface area contributed by atoms with Crippen LogP contribution in [0.3, 0.4) is 0 Å². The summed E-state index contributed by atoms with van der Waals surface area (Å²) < 4.78 is 0. The fourth-order valence-corrected chi connectivity index (χ4v) is 7.57. The number of anilines is 1. The molecule has 0 radical (unpaired) electrons. The van der Waals surface area contributed by atoms with Gasteiger partial charge in [-0.3, -0.25) is 4.98 Å². The average molecular weight is 375 g/mol. The number of aromatic nitrogens is 1. The molecule has 27 heavy (non-hydrogen) atoms. The Bertz CT molecular complexity index is 858. The van der Waals surface area contributed by atoms with Crippen molar-refractivity contribution in [2.75, 3.05) is 19.0 Å². The number of benzene rings is 2. The van der Waals surface area contributed by atoms with Crippen molar-refractivity contribution >= 4 is 18.9 Å². The summed E-state index contributed by atoms with van der Waals surface area (Å²) in [6.07, 6.45) is 3.83. The molecule has 3 rings (SSSR count). The maximum absolute atomic E-state index is 4.25. The van der Waals surface area contributed by atoms with Gasteiger partial charge >= 0.3 is 0 Å². The second-order valence-electron chi connectivity index (χ2n) is 8.44. The molecule has 3 heteroatoms. The first kappa shape index (κ1) is 19.4. The Kier molecular flexibility index (Phi) is 5.52. The topological polar surface area (TPSA) is 16.1 Å². The Morgan fingerprint density at radius 1 is 0.815 bits per heavy atom. The first-order chi connectivity index (χ1) is 12.8. The molecule has 1 aromatic heterocycles. The van der Waals surface area contributed by atoms with Gasteiger partial charge in [0, 0.05) is 37.6 Å². The lowest BCUT2D eigenvalue weighted by molar-refractivity contribution is 0.629. The summed E-state index contributed by atoms with van der Waals surface area (Å²) >= 11 is 0. The lowest BCUT2D eigenvalue weighted by Gasteiger charge is -2.38. The Labute approximate surface area is 164 Å². The predicted octanol–water partition coefficient (Wildman–Crippen LogP) is 5.07. The van der Waals surface area contributed by atoms with Gasteiger partial charge in [-0.25, -0.2) is 0 Å². The van der Waals surface area contributed by atoms with Crippen LogP contribution in [0.5, 0.6) is 0 Å². The van der Waals surface area contributed by atoms with Gasteiger partial charge < -0.3 is 4.90 Å². The minimum Gasteiger partial charge on any atom is -0.378 e. The van der Waals surface area contributed by atoms with Gasteiger partial charge in [0.25, 0.3) is 0 Å². The molecule has 0 amide bonds. The maximum Gasteiger partial charge on any atom is 0.0818 e. The molecular formula is C24H30N2Si. The highest BCUT2D eigenvalue weighted by atomic mass is 28.3. The molecule has 0 aliphatic rings. The zero-order valence-corrected chi connectivity index (χ0v) is 18.1. The normalized spacial score (nSPS) is 13.8. The first-order valence-electron chi connectivity index (χ1n) is 9.57. The van der Waals surface area contributed by atoms with E-state index >= 15 is 0 Å². The second-order valence-corrected chi connectivity index (χ2v) is 13.1. The summed E-state index contributed by atoms with van der Waals surface area (Å²) in [5.41, 5.74) is 3.90. The monoisotopic (exact) mass is 374 g/mol. The zero-order valence-electron chi connectivity index (χ0n) is 17.1. The van der Waals surface area contributed by atoms with Crippen LogP contribution >= 0.6 is 0 Å². The van der Waals surface area contributed by atoms with Gasteiger partial charge in [0.2, 0.25) is 0 Å². The third-order valence-corrected chi connectivity index (χ3v) is 9.18. The van der Waals surface area contributed by atoms with Gasteiger partial charge in [0.05, 0.1) is 8.07 Å². The van der Waals surface area contributed by atoms with Gasteiger partial charge in [-0.2, -0.15) is 0 Å². The highest BCUT2D eigenvalue weighted by molar-refractivity contribution is 6.90. The number of hydrogen-bond acceptors (Lipinski definition) is 2. The Morgan fingerprint density at radius 3 is 1.93 bits per heavy atom. The van der Waals surface area contributed by atoms with Crippen molar-refractivity contribution < 1.29 is 0 Å². The third-order valence-electron chi connectivity index (χ3n) is 5.69. The number of pyridine rings is 1. The molecule has 0 bridgehead atoms. The first-order valence-corrected chi connectivity index (χ1v) is 12.8. The standard InChI is InChI=1S/C24H30N2Si/c1-24(21-15-17-25-18-16-21,20-11-13-22(14-12-20)26(2)3)19-27(4,5)23-9-7-6-8-10-23/h6-18H,19H2,1-5H3. The number of hydrogen-bond donors (Lipinski definition) is 0. The van der Waals surface area contributed by atoms with E-state index in [0.717, 1.165) is 6.04 Å². The molecule has 1 unspecified atom stereocenters. The van der Waals surface area contributed by atoms with E-state index in [1.165, 1.54) is 22.0 Å². The van der Waals surface area contributed by atoms with E-state index in [9.17, 15) is 0 Å². The van der Waals surface area contributed by atoms with Gasteiger partial charge in [-0.15, -0.1) is 0 Å². The molecule has 2 nitrogen and oxygen atoms in total. The Hall–Kier alpha value is -2.39. The molecule has 1 heterocycles. The van der Waals surface area contributed by atoms with E-state index < -0.39 is 8.07 Å². The second kappa shape index (κ2) is 7.69. The minimum atomic E-state index is -1.65. The van der Waals surface area contributed by atoms with Crippen LogP contribution in [0, 0.1) is 0 Å². The van der Waals surface area contributed by atoms with Crippen LogP contribution in [0.2, 0.25) is 19.1 Å². The number of nitrogens with zero attached hydrogens (tertiary/aromatic N) is 2. The zero-order chi connectivity index (χ0) is 19.5. The maximum atomic E-state index is 4.25. The molecule has 2 aromatic carbocycles. The van der Waals surface area contributed by atoms with Crippen LogP contribution in [-0.4, -0.2) is 27.2 Å². The Morgan fingerprint density at radius 2 is 1.37 bits per heavy atom. The fourth-order valence-electron chi connectivity index (χ4n) is 4.09. The van der Waals surface area contributed by atoms with E-state index in [-0.39, 0.29) is 5.41 Å². The quantitative estimate of drug-likeness (QED) is 0.560. The van der Waals surface area contributed by atoms with Crippen LogP contribution in [0.25, 0.3) is 0 Å². The molecule has 0 fully saturated rings. The van der Waals surface area contributed by atoms with Crippen LogP contribution in [0.4, 0.5) is 5.69 Å². The summed E-state index contributed by atoms with van der Waals surface area (Å²) in [6, 6.07) is 25.6. The molecule has 0 saturated carbocycles. The van der Waals surface area contributed by atoms with Gasteiger partial charge in [-0.05, 0) is 41.4 Å². The molecule has 0 spiro atoms. The summed E-state index contributed by atoms with van der Waals surface area (Å²) in [7, 11) is 2.52. The van der Waals surface area contributed by atoms with E-state index in [1.54, 1.807) is 0 Å². The highest BCUT2D eigenvalue weighted by Gasteiger charge is 2.37. The molecule has 0 N–H and O–H groups in total. The molecule has 1 atom stereocenters. The van der Waals surface area contributed by atoms with E-state index in [2.05, 4.69) is 111 Å². The average Bonchev–Trinajstić information content (AvgIpc) is 2.69. The smallest absolute Gasteiger partial charge is 0.0818 e. The summed E-state index contributed by atoms with van der Waals surface area (Å²) in [5.74, 6) is 0. The van der Waals surface area contributed by atoms with Gasteiger partial charge in [0.1, 0.15) is 0 Å². The third kappa shape index (κ3) is 4.14. The lowest BCUT2D eigenvalue weighted by Crippen LogP contribution is -2.46. The van der Waals surface area contributed by atoms with E-state index in [1.807, 2.05) is 12.4 Å². The molecule has 0 saturated heterocycles. The van der Waals surface area contributed by atoms with E-state index in [0.29, 0.717) is 0 Å². The molecule has 0 aliphatic heterocycles. The summed E-state index contributed by atoms with van der Waals surface area (Å²) in [5, 5.41) is 1.51. The summed E-state index contributed by atoms with van der Waals surface area (Å²) in [4.78, 5) is 6.40. The van der Waals surface area contributed by atoms with E-state index in [4.69, 9.17) is 0 Å².